The van der Waals surface area contributed by atoms with Crippen molar-refractivity contribution in [1.29, 1.82) is 0 Å². The summed E-state index contributed by atoms with van der Waals surface area (Å²) in [6.45, 7) is 8.56. The average Bonchev–Trinajstić information content (AvgIpc) is 3.11. The lowest BCUT2D eigenvalue weighted by atomic mass is 9.75. The highest BCUT2D eigenvalue weighted by molar-refractivity contribution is 5.01. The molecule has 1 N–H and O–H groups in total. The molecule has 0 amide bonds. The standard InChI is InChI=1S/C19H34N4O/c1-18(2)14-19(24-15-18)7-5-16(6-8-19)23-12-10-21-17(23)13-22(4)11-9-20-3/h10,12,16,20H,5-9,11,13-15H2,1-4H3. The van der Waals surface area contributed by atoms with E-state index in [1.54, 1.807) is 0 Å². The van der Waals surface area contributed by atoms with Gasteiger partial charge >= 0.3 is 0 Å². The van der Waals surface area contributed by atoms with Gasteiger partial charge in [0.15, 0.2) is 0 Å². The number of rotatable bonds is 6. The number of hydrogen-bond donors (Lipinski definition) is 1. The van der Waals surface area contributed by atoms with Crippen molar-refractivity contribution in [3.05, 3.63) is 18.2 Å². The Morgan fingerprint density at radius 1 is 1.38 bits per heavy atom. The van der Waals surface area contributed by atoms with Crippen LogP contribution in [0.2, 0.25) is 0 Å². The first-order valence-electron chi connectivity index (χ1n) is 9.42. The molecule has 5 heteroatoms. The molecule has 1 aliphatic heterocycles. The van der Waals surface area contributed by atoms with Crippen molar-refractivity contribution in [2.45, 2.75) is 64.1 Å². The first kappa shape index (κ1) is 17.9. The molecule has 24 heavy (non-hydrogen) atoms. The van der Waals surface area contributed by atoms with E-state index < -0.39 is 0 Å². The van der Waals surface area contributed by atoms with Gasteiger partial charge in [-0.25, -0.2) is 4.98 Å². The van der Waals surface area contributed by atoms with Gasteiger partial charge in [0, 0.05) is 31.5 Å². The molecule has 2 aliphatic rings. The van der Waals surface area contributed by atoms with Crippen LogP contribution in [-0.4, -0.2) is 53.8 Å². The molecule has 0 atom stereocenters. The van der Waals surface area contributed by atoms with Crippen molar-refractivity contribution < 1.29 is 4.74 Å². The van der Waals surface area contributed by atoms with E-state index in [2.05, 4.69) is 46.9 Å². The summed E-state index contributed by atoms with van der Waals surface area (Å²) in [5.74, 6) is 1.20. The number of likely N-dealkylation sites (N-methyl/N-ethyl adjacent to an activating group) is 2. The highest BCUT2D eigenvalue weighted by Crippen LogP contribution is 2.48. The van der Waals surface area contributed by atoms with Crippen LogP contribution in [-0.2, 0) is 11.3 Å². The summed E-state index contributed by atoms with van der Waals surface area (Å²) in [5.41, 5.74) is 0.507. The minimum Gasteiger partial charge on any atom is -0.374 e. The fraction of sp³-hybridized carbons (Fsp3) is 0.842. The second-order valence-electron chi connectivity index (χ2n) is 8.64. The van der Waals surface area contributed by atoms with E-state index in [0.29, 0.717) is 11.5 Å². The molecule has 0 bridgehead atoms. The van der Waals surface area contributed by atoms with Gasteiger partial charge in [0.1, 0.15) is 5.82 Å². The molecule has 1 aliphatic carbocycles. The van der Waals surface area contributed by atoms with Crippen LogP contribution >= 0.6 is 0 Å². The summed E-state index contributed by atoms with van der Waals surface area (Å²) in [6, 6.07) is 0.582. The fourth-order valence-electron chi connectivity index (χ4n) is 4.47. The van der Waals surface area contributed by atoms with Crippen LogP contribution in [0.25, 0.3) is 0 Å². The molecular weight excluding hydrogens is 300 g/mol. The van der Waals surface area contributed by atoms with Crippen LogP contribution in [0.3, 0.4) is 0 Å². The Labute approximate surface area is 146 Å². The van der Waals surface area contributed by atoms with E-state index in [0.717, 1.165) is 26.2 Å². The van der Waals surface area contributed by atoms with Crippen molar-refractivity contribution in [3.8, 4) is 0 Å². The van der Waals surface area contributed by atoms with Gasteiger partial charge in [-0.3, -0.25) is 4.90 Å². The Morgan fingerprint density at radius 2 is 2.12 bits per heavy atom. The average molecular weight is 335 g/mol. The predicted molar refractivity (Wildman–Crippen MR) is 97.1 cm³/mol. The van der Waals surface area contributed by atoms with Crippen LogP contribution < -0.4 is 5.32 Å². The zero-order chi connectivity index (χ0) is 17.2. The fourth-order valence-corrected chi connectivity index (χ4v) is 4.47. The number of imidazole rings is 1. The first-order chi connectivity index (χ1) is 11.4. The molecule has 1 aromatic heterocycles. The number of hydrogen-bond acceptors (Lipinski definition) is 4. The van der Waals surface area contributed by atoms with Crippen molar-refractivity contribution in [2.75, 3.05) is 33.8 Å². The highest BCUT2D eigenvalue weighted by atomic mass is 16.5. The molecule has 0 radical (unpaired) electrons. The lowest BCUT2D eigenvalue weighted by Gasteiger charge is -2.38. The van der Waals surface area contributed by atoms with Crippen molar-refractivity contribution in [1.82, 2.24) is 19.8 Å². The highest BCUT2D eigenvalue weighted by Gasteiger charge is 2.46. The van der Waals surface area contributed by atoms with E-state index in [9.17, 15) is 0 Å². The zero-order valence-corrected chi connectivity index (χ0v) is 15.8. The Hall–Kier alpha value is -0.910. The summed E-state index contributed by atoms with van der Waals surface area (Å²) >= 11 is 0. The lowest BCUT2D eigenvalue weighted by molar-refractivity contribution is -0.0345. The van der Waals surface area contributed by atoms with Gasteiger partial charge in [0.25, 0.3) is 0 Å². The largest absolute Gasteiger partial charge is 0.374 e. The maximum atomic E-state index is 6.26. The van der Waals surface area contributed by atoms with Crippen molar-refractivity contribution in [3.63, 3.8) is 0 Å². The van der Waals surface area contributed by atoms with Crippen LogP contribution in [0.4, 0.5) is 0 Å². The van der Waals surface area contributed by atoms with Gasteiger partial charge in [0.2, 0.25) is 0 Å². The Kier molecular flexibility index (Phi) is 5.33. The maximum absolute atomic E-state index is 6.26. The minimum absolute atomic E-state index is 0.157. The lowest BCUT2D eigenvalue weighted by Crippen LogP contribution is -2.35. The second kappa shape index (κ2) is 7.14. The summed E-state index contributed by atoms with van der Waals surface area (Å²) in [5, 5.41) is 3.21. The third kappa shape index (κ3) is 4.01. The Balaban J connectivity index is 1.58. The molecule has 0 unspecified atom stereocenters. The molecule has 2 heterocycles. The normalized spacial score (nSPS) is 29.6. The molecule has 1 saturated carbocycles. The Bertz CT molecular complexity index is 531. The smallest absolute Gasteiger partial charge is 0.123 e. The monoisotopic (exact) mass is 334 g/mol. The third-order valence-corrected chi connectivity index (χ3v) is 5.73. The SMILES string of the molecule is CNCCN(C)Cc1nccn1C1CCC2(CC1)CC(C)(C)CO2. The molecule has 136 valence electrons. The van der Waals surface area contributed by atoms with Gasteiger partial charge in [-0.2, -0.15) is 0 Å². The van der Waals surface area contributed by atoms with Gasteiger partial charge in [-0.05, 0) is 51.6 Å². The molecule has 5 nitrogen and oxygen atoms in total. The van der Waals surface area contributed by atoms with E-state index in [-0.39, 0.29) is 5.60 Å². The van der Waals surface area contributed by atoms with Crippen LogP contribution in [0, 0.1) is 5.41 Å². The molecule has 1 aromatic rings. The van der Waals surface area contributed by atoms with Crippen molar-refractivity contribution >= 4 is 0 Å². The topological polar surface area (TPSA) is 42.3 Å². The summed E-state index contributed by atoms with van der Waals surface area (Å²) < 4.78 is 8.68. The number of ether oxygens (including phenoxy) is 1. The minimum atomic E-state index is 0.157. The number of aromatic nitrogens is 2. The van der Waals surface area contributed by atoms with Gasteiger partial charge in [-0.1, -0.05) is 13.8 Å². The third-order valence-electron chi connectivity index (χ3n) is 5.73. The molecule has 2 fully saturated rings. The van der Waals surface area contributed by atoms with E-state index in [1.807, 2.05) is 13.2 Å². The molecular formula is C19H34N4O. The maximum Gasteiger partial charge on any atom is 0.123 e. The van der Waals surface area contributed by atoms with Crippen LogP contribution in [0.1, 0.15) is 57.8 Å². The van der Waals surface area contributed by atoms with Gasteiger partial charge in [0.05, 0.1) is 18.8 Å². The van der Waals surface area contributed by atoms with E-state index in [4.69, 9.17) is 4.74 Å². The van der Waals surface area contributed by atoms with Gasteiger partial charge in [-0.15, -0.1) is 0 Å². The van der Waals surface area contributed by atoms with Gasteiger partial charge < -0.3 is 14.6 Å². The van der Waals surface area contributed by atoms with Crippen molar-refractivity contribution in [2.24, 2.45) is 5.41 Å². The number of nitrogens with zero attached hydrogens (tertiary/aromatic N) is 3. The number of nitrogens with one attached hydrogen (secondary N) is 1. The molecule has 0 aromatic carbocycles. The predicted octanol–water partition coefficient (Wildman–Crippen LogP) is 2.83. The zero-order valence-electron chi connectivity index (χ0n) is 15.8. The Morgan fingerprint density at radius 3 is 2.75 bits per heavy atom. The van der Waals surface area contributed by atoms with Crippen LogP contribution in [0.5, 0.6) is 0 Å². The molecule has 1 saturated heterocycles. The van der Waals surface area contributed by atoms with E-state index in [1.165, 1.54) is 37.9 Å². The second-order valence-corrected chi connectivity index (χ2v) is 8.64. The summed E-state index contributed by atoms with van der Waals surface area (Å²) in [7, 11) is 4.17. The summed E-state index contributed by atoms with van der Waals surface area (Å²) in [4.78, 5) is 6.96. The quantitative estimate of drug-likeness (QED) is 0.869. The molecule has 3 rings (SSSR count). The van der Waals surface area contributed by atoms with E-state index >= 15 is 0 Å². The summed E-state index contributed by atoms with van der Waals surface area (Å²) in [6.07, 6.45) is 10.1. The molecule has 1 spiro atoms. The van der Waals surface area contributed by atoms with Crippen LogP contribution in [0.15, 0.2) is 12.4 Å². The first-order valence-corrected chi connectivity index (χ1v) is 9.42.